The van der Waals surface area contributed by atoms with E-state index in [1.54, 1.807) is 7.11 Å². The summed E-state index contributed by atoms with van der Waals surface area (Å²) in [6.45, 7) is 0. The van der Waals surface area contributed by atoms with Crippen LogP contribution >= 0.6 is 11.8 Å². The molecule has 0 radical (unpaired) electrons. The molecule has 0 aliphatic heterocycles. The highest BCUT2D eigenvalue weighted by molar-refractivity contribution is 8.01. The second-order valence-corrected chi connectivity index (χ2v) is 5.92. The lowest BCUT2D eigenvalue weighted by Gasteiger charge is -2.61. The monoisotopic (exact) mass is 206 g/mol. The molecular weight excluding hydrogens is 192 g/mol. The maximum Gasteiger partial charge on any atom is 0.132 e. The first-order chi connectivity index (χ1) is 6.81. The van der Waals surface area contributed by atoms with E-state index in [1.165, 1.54) is 24.2 Å². The Morgan fingerprint density at radius 2 is 2.00 bits per heavy atom. The molecule has 0 heterocycles. The summed E-state index contributed by atoms with van der Waals surface area (Å²) in [5.41, 5.74) is 0. The number of benzene rings is 1. The van der Waals surface area contributed by atoms with E-state index in [1.807, 2.05) is 23.9 Å². The lowest BCUT2D eigenvalue weighted by molar-refractivity contribution is 0.0579. The fourth-order valence-corrected chi connectivity index (χ4v) is 4.28. The van der Waals surface area contributed by atoms with Crippen LogP contribution in [0.2, 0.25) is 0 Å². The molecule has 0 spiro atoms. The van der Waals surface area contributed by atoms with Crippen LogP contribution in [0.25, 0.3) is 0 Å². The van der Waals surface area contributed by atoms with E-state index < -0.39 is 0 Å². The Morgan fingerprint density at radius 3 is 2.57 bits per heavy atom. The van der Waals surface area contributed by atoms with Crippen molar-refractivity contribution in [2.24, 2.45) is 5.92 Å². The van der Waals surface area contributed by atoms with Gasteiger partial charge in [-0.05, 0) is 37.3 Å². The van der Waals surface area contributed by atoms with Crippen LogP contribution in [0.5, 0.6) is 5.75 Å². The standard InChI is InChI=1S/C12H14OS/c1-13-10-4-2-3-5-11(10)14-12-6-9(7-12)8-12/h2-5,9H,6-8H2,1H3. The Morgan fingerprint density at radius 1 is 1.29 bits per heavy atom. The average Bonchev–Trinajstić information content (AvgIpc) is 2.10. The van der Waals surface area contributed by atoms with E-state index in [4.69, 9.17) is 4.74 Å². The molecule has 0 N–H and O–H groups in total. The molecule has 74 valence electrons. The summed E-state index contributed by atoms with van der Waals surface area (Å²) in [6.07, 6.45) is 4.28. The minimum absolute atomic E-state index is 0.597. The van der Waals surface area contributed by atoms with Crippen molar-refractivity contribution in [3.8, 4) is 5.75 Å². The molecular formula is C12H14OS. The van der Waals surface area contributed by atoms with Gasteiger partial charge in [0.1, 0.15) is 5.75 Å². The number of hydrogen-bond acceptors (Lipinski definition) is 2. The molecule has 0 amide bonds. The van der Waals surface area contributed by atoms with Crippen LogP contribution in [-0.4, -0.2) is 11.9 Å². The number of para-hydroxylation sites is 1. The fraction of sp³-hybridized carbons (Fsp3) is 0.500. The molecule has 4 rings (SSSR count). The first kappa shape index (κ1) is 8.66. The molecule has 0 saturated heterocycles. The van der Waals surface area contributed by atoms with Gasteiger partial charge < -0.3 is 4.74 Å². The Balaban J connectivity index is 1.81. The van der Waals surface area contributed by atoms with Crippen molar-refractivity contribution in [3.05, 3.63) is 24.3 Å². The minimum Gasteiger partial charge on any atom is -0.496 e. The van der Waals surface area contributed by atoms with Crippen LogP contribution in [0, 0.1) is 5.92 Å². The van der Waals surface area contributed by atoms with E-state index >= 15 is 0 Å². The van der Waals surface area contributed by atoms with Crippen LogP contribution in [0.15, 0.2) is 29.2 Å². The molecule has 2 heteroatoms. The summed E-state index contributed by atoms with van der Waals surface area (Å²) in [7, 11) is 1.75. The number of ether oxygens (including phenoxy) is 1. The quantitative estimate of drug-likeness (QED) is 0.750. The number of methoxy groups -OCH3 is 1. The number of hydrogen-bond donors (Lipinski definition) is 0. The van der Waals surface area contributed by atoms with Gasteiger partial charge in [-0.1, -0.05) is 12.1 Å². The predicted molar refractivity (Wildman–Crippen MR) is 58.9 cm³/mol. The van der Waals surface area contributed by atoms with Crippen molar-refractivity contribution in [1.82, 2.24) is 0 Å². The first-order valence-corrected chi connectivity index (χ1v) is 5.95. The largest absolute Gasteiger partial charge is 0.496 e. The molecule has 14 heavy (non-hydrogen) atoms. The Bertz CT molecular complexity index is 344. The van der Waals surface area contributed by atoms with Gasteiger partial charge >= 0.3 is 0 Å². The Kier molecular flexibility index (Phi) is 1.81. The topological polar surface area (TPSA) is 9.23 Å². The van der Waals surface area contributed by atoms with Gasteiger partial charge in [0.05, 0.1) is 7.11 Å². The van der Waals surface area contributed by atoms with Gasteiger partial charge in [0.2, 0.25) is 0 Å². The van der Waals surface area contributed by atoms with Gasteiger partial charge in [-0.15, -0.1) is 11.8 Å². The molecule has 3 aliphatic rings. The van der Waals surface area contributed by atoms with Gasteiger partial charge in [-0.3, -0.25) is 0 Å². The molecule has 3 saturated carbocycles. The summed E-state index contributed by atoms with van der Waals surface area (Å²) in [6, 6.07) is 8.35. The molecule has 1 nitrogen and oxygen atoms in total. The van der Waals surface area contributed by atoms with Gasteiger partial charge in [0.15, 0.2) is 0 Å². The SMILES string of the molecule is COc1ccccc1SC12CC(C1)C2. The minimum atomic E-state index is 0.597. The molecule has 0 atom stereocenters. The predicted octanol–water partition coefficient (Wildman–Crippen LogP) is 3.34. The first-order valence-electron chi connectivity index (χ1n) is 5.13. The van der Waals surface area contributed by atoms with Crippen LogP contribution in [0.3, 0.4) is 0 Å². The molecule has 2 bridgehead atoms. The van der Waals surface area contributed by atoms with E-state index in [-0.39, 0.29) is 0 Å². The summed E-state index contributed by atoms with van der Waals surface area (Å²) in [5.74, 6) is 2.08. The van der Waals surface area contributed by atoms with Gasteiger partial charge in [-0.2, -0.15) is 0 Å². The second kappa shape index (κ2) is 2.93. The zero-order valence-electron chi connectivity index (χ0n) is 8.32. The summed E-state index contributed by atoms with van der Waals surface area (Å²) >= 11 is 2.02. The zero-order valence-corrected chi connectivity index (χ0v) is 9.14. The van der Waals surface area contributed by atoms with Crippen molar-refractivity contribution in [2.75, 3.05) is 7.11 Å². The molecule has 0 aromatic heterocycles. The molecule has 1 aromatic carbocycles. The van der Waals surface area contributed by atoms with Crippen molar-refractivity contribution in [3.63, 3.8) is 0 Å². The maximum atomic E-state index is 5.36. The Hall–Kier alpha value is -0.630. The Labute approximate surface area is 88.8 Å². The average molecular weight is 206 g/mol. The smallest absolute Gasteiger partial charge is 0.132 e. The highest BCUT2D eigenvalue weighted by Gasteiger charge is 2.57. The lowest BCUT2D eigenvalue weighted by Crippen LogP contribution is -2.55. The van der Waals surface area contributed by atoms with Gasteiger partial charge in [0.25, 0.3) is 0 Å². The normalized spacial score (nSPS) is 33.1. The third kappa shape index (κ3) is 1.17. The third-order valence-corrected chi connectivity index (χ3v) is 4.87. The number of rotatable bonds is 3. The second-order valence-electron chi connectivity index (χ2n) is 4.41. The highest BCUT2D eigenvalue weighted by Crippen LogP contribution is 2.67. The van der Waals surface area contributed by atoms with Crippen molar-refractivity contribution >= 4 is 11.8 Å². The molecule has 3 aliphatic carbocycles. The highest BCUT2D eigenvalue weighted by atomic mass is 32.2. The number of thioether (sulfide) groups is 1. The van der Waals surface area contributed by atoms with Crippen molar-refractivity contribution in [1.29, 1.82) is 0 Å². The third-order valence-electron chi connectivity index (χ3n) is 3.38. The van der Waals surface area contributed by atoms with Crippen LogP contribution in [0.4, 0.5) is 0 Å². The van der Waals surface area contributed by atoms with Gasteiger partial charge in [-0.25, -0.2) is 0 Å². The molecule has 3 fully saturated rings. The van der Waals surface area contributed by atoms with E-state index in [0.717, 1.165) is 11.7 Å². The van der Waals surface area contributed by atoms with Crippen LogP contribution in [-0.2, 0) is 0 Å². The van der Waals surface area contributed by atoms with E-state index in [2.05, 4.69) is 12.1 Å². The van der Waals surface area contributed by atoms with Crippen LogP contribution < -0.4 is 4.74 Å². The van der Waals surface area contributed by atoms with E-state index in [0.29, 0.717) is 4.75 Å². The van der Waals surface area contributed by atoms with E-state index in [9.17, 15) is 0 Å². The zero-order chi connectivity index (χ0) is 9.60. The molecule has 0 unspecified atom stereocenters. The molecule has 1 aromatic rings. The fourth-order valence-electron chi connectivity index (χ4n) is 2.46. The maximum absolute atomic E-state index is 5.36. The lowest BCUT2D eigenvalue weighted by atomic mass is 9.55. The summed E-state index contributed by atoms with van der Waals surface area (Å²) in [5, 5.41) is 0. The van der Waals surface area contributed by atoms with Crippen LogP contribution in [0.1, 0.15) is 19.3 Å². The van der Waals surface area contributed by atoms with Crippen molar-refractivity contribution < 1.29 is 4.74 Å². The summed E-state index contributed by atoms with van der Waals surface area (Å²) < 4.78 is 5.95. The summed E-state index contributed by atoms with van der Waals surface area (Å²) in [4.78, 5) is 1.31. The van der Waals surface area contributed by atoms with Crippen molar-refractivity contribution in [2.45, 2.75) is 28.9 Å². The van der Waals surface area contributed by atoms with Gasteiger partial charge in [0, 0.05) is 9.64 Å².